The van der Waals surface area contributed by atoms with Crippen LogP contribution in [0.4, 0.5) is 32.8 Å². The molecule has 0 saturated heterocycles. The molecule has 318 valence electrons. The summed E-state index contributed by atoms with van der Waals surface area (Å²) in [7, 11) is 0. The van der Waals surface area contributed by atoms with Gasteiger partial charge in [-0.15, -0.1) is 0 Å². The number of rotatable bonds is 9. The lowest BCUT2D eigenvalue weighted by atomic mass is 9.82. The van der Waals surface area contributed by atoms with Crippen LogP contribution in [0.15, 0.2) is 206 Å². The normalized spacial score (nSPS) is 13.5. The van der Waals surface area contributed by atoms with Crippen LogP contribution in [0.1, 0.15) is 31.9 Å². The summed E-state index contributed by atoms with van der Waals surface area (Å²) < 4.78 is 28.7. The Balaban J connectivity index is 0.926. The van der Waals surface area contributed by atoms with Crippen molar-refractivity contribution in [1.29, 1.82) is 0 Å². The third-order valence-corrected chi connectivity index (χ3v) is 13.5. The Morgan fingerprint density at radius 1 is 0.470 bits per heavy atom. The van der Waals surface area contributed by atoms with E-state index in [4.69, 9.17) is 9.47 Å². The van der Waals surface area contributed by atoms with E-state index in [1.165, 1.54) is 28.3 Å². The maximum atomic E-state index is 14.9. The first-order chi connectivity index (χ1) is 32.4. The third-order valence-electron chi connectivity index (χ3n) is 13.5. The van der Waals surface area contributed by atoms with Crippen LogP contribution in [0.2, 0.25) is 0 Å². The average Bonchev–Trinajstić information content (AvgIpc) is 3.58. The van der Waals surface area contributed by atoms with Gasteiger partial charge < -0.3 is 19.3 Å². The third kappa shape index (κ3) is 6.34. The average molecular weight is 857 g/mol. The molecule has 3 aliphatic rings. The molecule has 5 heteroatoms. The van der Waals surface area contributed by atoms with E-state index in [1.807, 2.05) is 61.5 Å². The van der Waals surface area contributed by atoms with Crippen LogP contribution in [0.25, 0.3) is 55.3 Å². The highest BCUT2D eigenvalue weighted by molar-refractivity contribution is 6.14. The minimum Gasteiger partial charge on any atom is -0.456 e. The molecule has 0 saturated carbocycles. The highest BCUT2D eigenvalue weighted by Gasteiger charge is 2.36. The Kier molecular flexibility index (Phi) is 9.28. The molecule has 0 amide bonds. The zero-order valence-electron chi connectivity index (χ0n) is 36.9. The lowest BCUT2D eigenvalue weighted by molar-refractivity contribution is 0.480. The molecule has 0 spiro atoms. The first-order valence-corrected chi connectivity index (χ1v) is 22.6. The number of fused-ring (bicyclic) bond motifs is 7. The first-order valence-electron chi connectivity index (χ1n) is 22.6. The summed E-state index contributed by atoms with van der Waals surface area (Å²) >= 11 is 0. The van der Waals surface area contributed by atoms with Gasteiger partial charge >= 0.3 is 0 Å². The summed E-state index contributed by atoms with van der Waals surface area (Å²) in [4.78, 5) is 4.54. The van der Waals surface area contributed by atoms with E-state index in [0.29, 0.717) is 6.54 Å². The molecule has 0 bridgehead atoms. The summed E-state index contributed by atoms with van der Waals surface area (Å²) in [5.74, 6) is 2.86. The molecule has 0 fully saturated rings. The molecular formula is C61H45FN2O2. The number of allylic oxidation sites excluding steroid dienone is 3. The second kappa shape index (κ2) is 15.5. The van der Waals surface area contributed by atoms with Crippen LogP contribution < -0.4 is 19.3 Å². The molecule has 12 rings (SSSR count). The van der Waals surface area contributed by atoms with Crippen molar-refractivity contribution < 1.29 is 13.9 Å². The van der Waals surface area contributed by atoms with Crippen LogP contribution >= 0.6 is 0 Å². The van der Waals surface area contributed by atoms with Crippen molar-refractivity contribution in [3.8, 4) is 67.5 Å². The van der Waals surface area contributed by atoms with Crippen LogP contribution in [0, 0.1) is 5.82 Å². The summed E-state index contributed by atoms with van der Waals surface area (Å²) in [6.45, 7) is 7.22. The second-order valence-corrected chi connectivity index (χ2v) is 17.7. The Bertz CT molecular complexity index is 3460. The minimum absolute atomic E-state index is 0.126. The van der Waals surface area contributed by atoms with Gasteiger partial charge in [0.25, 0.3) is 0 Å². The predicted octanol–water partition coefficient (Wildman–Crippen LogP) is 17.2. The molecule has 0 unspecified atom stereocenters. The van der Waals surface area contributed by atoms with Crippen molar-refractivity contribution in [1.82, 2.24) is 0 Å². The number of para-hydroxylation sites is 1. The summed E-state index contributed by atoms with van der Waals surface area (Å²) in [5, 5.41) is 2.07. The van der Waals surface area contributed by atoms with Gasteiger partial charge in [0, 0.05) is 80.0 Å². The number of hydrogen-bond acceptors (Lipinski definition) is 4. The van der Waals surface area contributed by atoms with E-state index in [0.717, 1.165) is 95.6 Å². The Morgan fingerprint density at radius 2 is 1.05 bits per heavy atom. The molecule has 9 aromatic rings. The monoisotopic (exact) mass is 856 g/mol. The van der Waals surface area contributed by atoms with E-state index >= 15 is 0 Å². The topological polar surface area (TPSA) is 24.9 Å². The van der Waals surface area contributed by atoms with Crippen molar-refractivity contribution in [3.05, 3.63) is 223 Å². The standard InChI is InChI=1S/C61H45FN2O2/c1-4-5-6-15-34-63(54-31-22-40(62)35-51(54)39-16-9-7-10-17-39)42-23-27-47-49-29-33-56-60-50(30-32-55(59(49)60)65-57(47)37-42)48-28-25-44(38-58(48)66-56)64(41-18-11-8-12-19-41)43-24-26-46-45-20-13-14-21-52(45)61(2,3)53(46)36-43/h4-33,35-38H,34H2,1-3H3. The molecular weight excluding hydrogens is 812 g/mol. The highest BCUT2D eigenvalue weighted by atomic mass is 19.1. The fraction of sp³-hybridized carbons (Fsp3) is 0.0820. The predicted molar refractivity (Wildman–Crippen MR) is 270 cm³/mol. The zero-order chi connectivity index (χ0) is 44.5. The maximum Gasteiger partial charge on any atom is 0.137 e. The van der Waals surface area contributed by atoms with Crippen LogP contribution in [0.5, 0.6) is 23.0 Å². The van der Waals surface area contributed by atoms with E-state index in [9.17, 15) is 4.39 Å². The quantitative estimate of drug-likeness (QED) is 0.135. The lowest BCUT2D eigenvalue weighted by Gasteiger charge is -2.31. The van der Waals surface area contributed by atoms with Gasteiger partial charge in [0.1, 0.15) is 28.8 Å². The Hall–Kier alpha value is -8.15. The van der Waals surface area contributed by atoms with Gasteiger partial charge in [-0.25, -0.2) is 4.39 Å². The summed E-state index contributed by atoms with van der Waals surface area (Å²) in [5.41, 5.74) is 16.2. The SMILES string of the molecule is CC=CC=CCN(c1ccc2c(c1)Oc1ccc3c4c(ccc-2c14)Oc1cc(N(c2ccccc2)c2ccc4c(c2)C(C)(C)c2ccccc2-4)ccc1-3)c1ccc(F)cc1-c1ccccc1. The van der Waals surface area contributed by atoms with Crippen LogP contribution in [-0.4, -0.2) is 6.54 Å². The van der Waals surface area contributed by atoms with Crippen molar-refractivity contribution in [2.24, 2.45) is 0 Å². The van der Waals surface area contributed by atoms with Gasteiger partial charge in [0.15, 0.2) is 0 Å². The minimum atomic E-state index is -0.278. The molecule has 0 aromatic heterocycles. The number of ether oxygens (including phenoxy) is 2. The number of benzene rings is 9. The molecule has 2 aliphatic heterocycles. The van der Waals surface area contributed by atoms with Gasteiger partial charge in [0.2, 0.25) is 0 Å². The zero-order valence-corrected chi connectivity index (χ0v) is 36.9. The molecule has 1 aliphatic carbocycles. The molecule has 9 aromatic carbocycles. The molecule has 4 nitrogen and oxygen atoms in total. The van der Waals surface area contributed by atoms with Crippen LogP contribution in [0.3, 0.4) is 0 Å². The van der Waals surface area contributed by atoms with Gasteiger partial charge in [0.05, 0.1) is 0 Å². The van der Waals surface area contributed by atoms with Gasteiger partial charge in [-0.1, -0.05) is 117 Å². The Morgan fingerprint density at radius 3 is 1.74 bits per heavy atom. The molecule has 2 heterocycles. The number of anilines is 5. The van der Waals surface area contributed by atoms with Crippen molar-refractivity contribution in [2.45, 2.75) is 26.2 Å². The molecule has 0 N–H and O–H groups in total. The summed E-state index contributed by atoms with van der Waals surface area (Å²) in [6.07, 6.45) is 8.17. The Labute approximate surface area is 384 Å². The maximum absolute atomic E-state index is 14.9. The smallest absolute Gasteiger partial charge is 0.137 e. The van der Waals surface area contributed by atoms with Crippen molar-refractivity contribution in [2.75, 3.05) is 16.3 Å². The molecule has 66 heavy (non-hydrogen) atoms. The fourth-order valence-corrected chi connectivity index (χ4v) is 10.4. The number of halogens is 1. The molecule has 0 radical (unpaired) electrons. The number of nitrogens with zero attached hydrogens (tertiary/aromatic N) is 2. The summed E-state index contributed by atoms with van der Waals surface area (Å²) in [6, 6.07) is 62.7. The van der Waals surface area contributed by atoms with Gasteiger partial charge in [-0.3, -0.25) is 0 Å². The van der Waals surface area contributed by atoms with E-state index in [2.05, 4.69) is 163 Å². The lowest BCUT2D eigenvalue weighted by Crippen LogP contribution is -2.18. The first kappa shape index (κ1) is 39.4. The van der Waals surface area contributed by atoms with E-state index in [1.54, 1.807) is 6.07 Å². The highest BCUT2D eigenvalue weighted by Crippen LogP contribution is 2.57. The van der Waals surface area contributed by atoms with Gasteiger partial charge in [-0.05, 0) is 137 Å². The van der Waals surface area contributed by atoms with Crippen LogP contribution in [-0.2, 0) is 5.41 Å². The van der Waals surface area contributed by atoms with Crippen molar-refractivity contribution in [3.63, 3.8) is 0 Å². The number of hydrogen-bond donors (Lipinski definition) is 0. The van der Waals surface area contributed by atoms with Crippen molar-refractivity contribution >= 4 is 39.2 Å². The van der Waals surface area contributed by atoms with E-state index in [-0.39, 0.29) is 11.2 Å². The largest absolute Gasteiger partial charge is 0.456 e. The van der Waals surface area contributed by atoms with E-state index < -0.39 is 0 Å². The van der Waals surface area contributed by atoms with Gasteiger partial charge in [-0.2, -0.15) is 0 Å². The fourth-order valence-electron chi connectivity index (χ4n) is 10.4. The molecule has 0 atom stereocenters. The second-order valence-electron chi connectivity index (χ2n) is 17.7.